The van der Waals surface area contributed by atoms with Crippen LogP contribution in [0.5, 0.6) is 11.5 Å². The minimum Gasteiger partial charge on any atom is -0.493 e. The summed E-state index contributed by atoms with van der Waals surface area (Å²) in [7, 11) is 3.26. The summed E-state index contributed by atoms with van der Waals surface area (Å²) in [5.41, 5.74) is 7.55. The Bertz CT molecular complexity index is 980. The van der Waals surface area contributed by atoms with Gasteiger partial charge in [0.25, 0.3) is 0 Å². The number of hydrogen-bond acceptors (Lipinski definition) is 6. The molecule has 0 bridgehead atoms. The lowest BCUT2D eigenvalue weighted by molar-refractivity contribution is 0.355. The summed E-state index contributed by atoms with van der Waals surface area (Å²) in [4.78, 5) is 0. The Hall–Kier alpha value is -2.93. The summed E-state index contributed by atoms with van der Waals surface area (Å²) in [6.45, 7) is 2.06. The molecule has 26 heavy (non-hydrogen) atoms. The number of aryl methyl sites for hydroxylation is 1. The lowest BCUT2D eigenvalue weighted by Crippen LogP contribution is -2.18. The highest BCUT2D eigenvalue weighted by Gasteiger charge is 2.20. The molecule has 0 radical (unpaired) electrons. The molecule has 1 aromatic heterocycles. The third kappa shape index (κ3) is 2.90. The van der Waals surface area contributed by atoms with Crippen molar-refractivity contribution in [2.45, 2.75) is 12.1 Å². The van der Waals surface area contributed by atoms with Crippen LogP contribution in [0.1, 0.15) is 11.1 Å². The number of aromatic nitrogens is 3. The van der Waals surface area contributed by atoms with E-state index in [0.717, 1.165) is 27.8 Å². The zero-order chi connectivity index (χ0) is 18.1. The van der Waals surface area contributed by atoms with Gasteiger partial charge in [0, 0.05) is 16.5 Å². The lowest BCUT2D eigenvalue weighted by atomic mass is 10.1. The molecule has 4 rings (SSSR count). The fourth-order valence-corrected chi connectivity index (χ4v) is 3.47. The van der Waals surface area contributed by atoms with Gasteiger partial charge in [-0.2, -0.15) is 0 Å². The van der Waals surface area contributed by atoms with Crippen molar-refractivity contribution in [1.29, 1.82) is 0 Å². The van der Waals surface area contributed by atoms with Crippen molar-refractivity contribution in [1.82, 2.24) is 14.9 Å². The molecule has 2 aromatic carbocycles. The highest BCUT2D eigenvalue weighted by atomic mass is 32.2. The van der Waals surface area contributed by atoms with Crippen molar-refractivity contribution in [2.75, 3.05) is 19.6 Å². The number of nitrogens with one attached hydrogen (secondary N) is 1. The van der Waals surface area contributed by atoms with Crippen LogP contribution in [0.15, 0.2) is 53.0 Å². The summed E-state index contributed by atoms with van der Waals surface area (Å²) in [5.74, 6) is 2.16. The predicted octanol–water partition coefficient (Wildman–Crippen LogP) is 3.92. The van der Waals surface area contributed by atoms with E-state index in [4.69, 9.17) is 9.47 Å². The van der Waals surface area contributed by atoms with Gasteiger partial charge in [0.05, 0.1) is 19.9 Å². The second kappa shape index (κ2) is 6.76. The summed E-state index contributed by atoms with van der Waals surface area (Å²) >= 11 is 1.53. The Balaban J connectivity index is 1.68. The van der Waals surface area contributed by atoms with Crippen molar-refractivity contribution in [3.63, 3.8) is 0 Å². The number of thioether (sulfide) groups is 1. The minimum absolute atomic E-state index is 0.686. The molecule has 2 heterocycles. The Morgan fingerprint density at radius 1 is 0.923 bits per heavy atom. The van der Waals surface area contributed by atoms with Gasteiger partial charge in [-0.15, -0.1) is 10.2 Å². The van der Waals surface area contributed by atoms with Crippen LogP contribution in [0, 0.1) is 6.92 Å². The van der Waals surface area contributed by atoms with Crippen LogP contribution in [-0.4, -0.2) is 29.1 Å². The third-order valence-electron chi connectivity index (χ3n) is 4.15. The second-order valence-electron chi connectivity index (χ2n) is 5.84. The van der Waals surface area contributed by atoms with Gasteiger partial charge in [-0.25, -0.2) is 4.68 Å². The molecule has 0 unspecified atom stereocenters. The maximum Gasteiger partial charge on any atom is 0.214 e. The largest absolute Gasteiger partial charge is 0.493 e. The van der Waals surface area contributed by atoms with Gasteiger partial charge in [-0.3, -0.25) is 5.43 Å². The zero-order valence-electron chi connectivity index (χ0n) is 14.7. The molecule has 1 aliphatic heterocycles. The van der Waals surface area contributed by atoms with E-state index in [1.165, 1.54) is 17.3 Å². The molecule has 0 aliphatic carbocycles. The van der Waals surface area contributed by atoms with E-state index in [1.54, 1.807) is 14.2 Å². The number of hydrogen-bond donors (Lipinski definition) is 1. The van der Waals surface area contributed by atoms with Crippen LogP contribution in [0.4, 0.5) is 0 Å². The average Bonchev–Trinajstić information content (AvgIpc) is 3.11. The van der Waals surface area contributed by atoms with Gasteiger partial charge in [-0.05, 0) is 25.1 Å². The molecule has 0 atom stereocenters. The molecule has 1 aliphatic rings. The molecule has 0 amide bonds. The molecule has 132 valence electrons. The number of benzene rings is 2. The Morgan fingerprint density at radius 3 is 2.38 bits per heavy atom. The number of rotatable bonds is 4. The Morgan fingerprint density at radius 2 is 1.65 bits per heavy atom. The number of ether oxygens (including phenoxy) is 2. The maximum atomic E-state index is 5.41. The highest BCUT2D eigenvalue weighted by molar-refractivity contribution is 8.02. The minimum atomic E-state index is 0.686. The van der Waals surface area contributed by atoms with Crippen molar-refractivity contribution < 1.29 is 9.47 Å². The molecule has 7 heteroatoms. The quantitative estimate of drug-likeness (QED) is 0.755. The molecule has 1 N–H and O–H groups in total. The molecular weight excluding hydrogens is 348 g/mol. The van der Waals surface area contributed by atoms with E-state index in [2.05, 4.69) is 34.7 Å². The van der Waals surface area contributed by atoms with Crippen molar-refractivity contribution in [3.05, 3.63) is 59.0 Å². The first-order valence-electron chi connectivity index (χ1n) is 8.08. The van der Waals surface area contributed by atoms with Gasteiger partial charge < -0.3 is 9.47 Å². The molecule has 0 saturated heterocycles. The molecule has 0 spiro atoms. The number of nitrogens with zero attached hydrogens (tertiary/aromatic N) is 3. The maximum absolute atomic E-state index is 5.41. The van der Waals surface area contributed by atoms with Gasteiger partial charge in [-0.1, -0.05) is 41.6 Å². The number of methoxy groups -OCH3 is 2. The topological polar surface area (TPSA) is 61.2 Å². The van der Waals surface area contributed by atoms with E-state index in [9.17, 15) is 0 Å². The fourth-order valence-electron chi connectivity index (χ4n) is 2.73. The molecule has 0 saturated carbocycles. The third-order valence-corrected chi connectivity index (χ3v) is 4.98. The van der Waals surface area contributed by atoms with E-state index < -0.39 is 0 Å². The van der Waals surface area contributed by atoms with Crippen molar-refractivity contribution in [2.24, 2.45) is 0 Å². The van der Waals surface area contributed by atoms with Crippen molar-refractivity contribution >= 4 is 17.5 Å². The van der Waals surface area contributed by atoms with E-state index in [-0.39, 0.29) is 0 Å². The lowest BCUT2D eigenvalue weighted by Gasteiger charge is -2.20. The molecule has 3 aromatic rings. The van der Waals surface area contributed by atoms with Gasteiger partial charge in [0.1, 0.15) is 0 Å². The van der Waals surface area contributed by atoms with Crippen molar-refractivity contribution in [3.8, 4) is 22.9 Å². The zero-order valence-corrected chi connectivity index (χ0v) is 15.5. The summed E-state index contributed by atoms with van der Waals surface area (Å²) < 4.78 is 12.6. The molecule has 6 nitrogen and oxygen atoms in total. The summed E-state index contributed by atoms with van der Waals surface area (Å²) in [6, 6.07) is 14.1. The van der Waals surface area contributed by atoms with Gasteiger partial charge >= 0.3 is 0 Å². The first-order valence-corrected chi connectivity index (χ1v) is 8.96. The fraction of sp³-hybridized carbons (Fsp3) is 0.158. The van der Waals surface area contributed by atoms with Gasteiger partial charge in [0.15, 0.2) is 17.3 Å². The van der Waals surface area contributed by atoms with Crippen LogP contribution in [0.2, 0.25) is 0 Å². The summed E-state index contributed by atoms with van der Waals surface area (Å²) in [6.07, 6.45) is 0. The molecular formula is C19H18N4O2S. The van der Waals surface area contributed by atoms with Crippen LogP contribution < -0.4 is 14.9 Å². The first kappa shape index (κ1) is 16.5. The van der Waals surface area contributed by atoms with E-state index in [0.29, 0.717) is 11.5 Å². The Kier molecular flexibility index (Phi) is 4.30. The van der Waals surface area contributed by atoms with Crippen LogP contribution in [0.3, 0.4) is 0 Å². The normalized spacial score (nSPS) is 12.8. The first-order chi connectivity index (χ1) is 12.7. The predicted molar refractivity (Wildman–Crippen MR) is 103 cm³/mol. The second-order valence-corrected chi connectivity index (χ2v) is 6.68. The van der Waals surface area contributed by atoms with Gasteiger partial charge in [0.2, 0.25) is 5.16 Å². The van der Waals surface area contributed by atoms with Crippen LogP contribution in [-0.2, 0) is 0 Å². The smallest absolute Gasteiger partial charge is 0.214 e. The standard InChI is InChI=1S/C19H18N4O2S/c1-12-4-6-13(7-5-12)18-20-21-19-23(18)22-15(11-26-19)14-8-9-16(24-2)17(10-14)25-3/h4-11,22H,1-3H3. The van der Waals surface area contributed by atoms with E-state index in [1.807, 2.05) is 40.4 Å². The number of fused-ring (bicyclic) bond motifs is 1. The average molecular weight is 366 g/mol. The SMILES string of the molecule is COc1ccc(C2=CSc3nnc(-c4ccc(C)cc4)n3N2)cc1OC. The van der Waals surface area contributed by atoms with Crippen LogP contribution >= 0.6 is 11.8 Å². The summed E-state index contributed by atoms with van der Waals surface area (Å²) in [5, 5.41) is 11.4. The Labute approximate surface area is 155 Å². The monoisotopic (exact) mass is 366 g/mol. The highest BCUT2D eigenvalue weighted by Crippen LogP contribution is 2.34. The van der Waals surface area contributed by atoms with Crippen LogP contribution in [0.25, 0.3) is 17.1 Å². The molecule has 0 fully saturated rings. The van der Waals surface area contributed by atoms with E-state index >= 15 is 0 Å².